The molecule has 1 saturated carbocycles. The highest BCUT2D eigenvalue weighted by molar-refractivity contribution is 5.99. The molecule has 4 rings (SSSR count). The number of pyridine rings is 1. The minimum Gasteiger partial charge on any atom is -0.339 e. The van der Waals surface area contributed by atoms with Gasteiger partial charge in [0.25, 0.3) is 5.91 Å². The average Bonchev–Trinajstić information content (AvgIpc) is 3.12. The first-order chi connectivity index (χ1) is 14.4. The van der Waals surface area contributed by atoms with Gasteiger partial charge >= 0.3 is 0 Å². The number of fused-ring (bicyclic) bond motifs is 1. The normalized spacial score (nSPS) is 19.4. The molecule has 2 aromatic heterocycles. The third-order valence-electron chi connectivity index (χ3n) is 6.39. The first-order valence-corrected chi connectivity index (χ1v) is 10.6. The van der Waals surface area contributed by atoms with Crippen molar-refractivity contribution in [3.63, 3.8) is 0 Å². The number of amides is 1. The molecule has 1 aromatic carbocycles. The van der Waals surface area contributed by atoms with Crippen molar-refractivity contribution in [2.24, 2.45) is 5.73 Å². The van der Waals surface area contributed by atoms with E-state index in [0.717, 1.165) is 36.6 Å². The third-order valence-corrected chi connectivity index (χ3v) is 6.39. The molecule has 0 bridgehead atoms. The van der Waals surface area contributed by atoms with E-state index in [0.29, 0.717) is 17.2 Å². The van der Waals surface area contributed by atoms with E-state index in [9.17, 15) is 9.18 Å². The number of carbonyl (C=O) groups is 1. The van der Waals surface area contributed by atoms with Crippen molar-refractivity contribution in [2.45, 2.75) is 57.5 Å². The summed E-state index contributed by atoms with van der Waals surface area (Å²) in [4.78, 5) is 19.1. The molecule has 30 heavy (non-hydrogen) atoms. The first kappa shape index (κ1) is 20.5. The van der Waals surface area contributed by atoms with Crippen LogP contribution in [0, 0.1) is 5.82 Å². The standard InChI is InChI=1S/C24H29FN4O/c1-15(2)28(3)24(30)20-12-17(25)6-9-22(20)29-14-21(16-4-7-18(26)8-5-16)19-10-11-27-13-23(19)29/h6,9-16,18H,4-5,7-8,26H2,1-3H3/t16-,18-. The number of aromatic nitrogens is 2. The van der Waals surface area contributed by atoms with Crippen molar-refractivity contribution in [1.29, 1.82) is 0 Å². The van der Waals surface area contributed by atoms with Crippen LogP contribution in [0.3, 0.4) is 0 Å². The van der Waals surface area contributed by atoms with E-state index >= 15 is 0 Å². The van der Waals surface area contributed by atoms with Gasteiger partial charge in [-0.1, -0.05) is 0 Å². The number of hydrogen-bond donors (Lipinski definition) is 1. The van der Waals surface area contributed by atoms with E-state index in [-0.39, 0.29) is 18.0 Å². The van der Waals surface area contributed by atoms with Gasteiger partial charge < -0.3 is 15.2 Å². The number of halogens is 1. The molecule has 0 saturated heterocycles. The Bertz CT molecular complexity index is 1070. The van der Waals surface area contributed by atoms with Crippen LogP contribution in [0.1, 0.15) is 61.4 Å². The highest BCUT2D eigenvalue weighted by Crippen LogP contribution is 2.38. The Morgan fingerprint density at radius 3 is 2.67 bits per heavy atom. The summed E-state index contributed by atoms with van der Waals surface area (Å²) in [5, 5.41) is 1.13. The second kappa shape index (κ2) is 8.19. The quantitative estimate of drug-likeness (QED) is 0.685. The fraction of sp³-hybridized carbons (Fsp3) is 0.417. The van der Waals surface area contributed by atoms with Crippen LogP contribution in [0.15, 0.2) is 42.9 Å². The number of nitrogens with two attached hydrogens (primary N) is 1. The zero-order valence-corrected chi connectivity index (χ0v) is 17.8. The van der Waals surface area contributed by atoms with Gasteiger partial charge in [-0.25, -0.2) is 4.39 Å². The number of carbonyl (C=O) groups excluding carboxylic acids is 1. The van der Waals surface area contributed by atoms with Crippen LogP contribution in [0.5, 0.6) is 0 Å². The minimum atomic E-state index is -0.421. The topological polar surface area (TPSA) is 64.2 Å². The minimum absolute atomic E-state index is 0.0127. The van der Waals surface area contributed by atoms with Gasteiger partial charge in [-0.15, -0.1) is 0 Å². The third kappa shape index (κ3) is 3.72. The van der Waals surface area contributed by atoms with Crippen LogP contribution in [0.2, 0.25) is 0 Å². The average molecular weight is 409 g/mol. The zero-order valence-electron chi connectivity index (χ0n) is 17.8. The molecule has 1 aliphatic carbocycles. The van der Waals surface area contributed by atoms with Crippen LogP contribution >= 0.6 is 0 Å². The molecular formula is C24H29FN4O. The molecule has 0 unspecified atom stereocenters. The van der Waals surface area contributed by atoms with E-state index in [4.69, 9.17) is 5.73 Å². The fourth-order valence-electron chi connectivity index (χ4n) is 4.37. The molecular weight excluding hydrogens is 379 g/mol. The second-order valence-corrected chi connectivity index (χ2v) is 8.63. The maximum absolute atomic E-state index is 14.1. The molecule has 2 heterocycles. The van der Waals surface area contributed by atoms with Crippen LogP contribution < -0.4 is 5.73 Å². The molecule has 0 aliphatic heterocycles. The molecule has 6 heteroatoms. The summed E-state index contributed by atoms with van der Waals surface area (Å²) in [5.41, 5.74) is 9.31. The molecule has 1 fully saturated rings. The lowest BCUT2D eigenvalue weighted by Crippen LogP contribution is -2.33. The van der Waals surface area contributed by atoms with Gasteiger partial charge in [0, 0.05) is 36.9 Å². The second-order valence-electron chi connectivity index (χ2n) is 8.63. The SMILES string of the molecule is CC(C)N(C)C(=O)c1cc(F)ccc1-n1cc([C@H]2CC[C@H](N)CC2)c2ccncc21. The van der Waals surface area contributed by atoms with Gasteiger partial charge in [0.15, 0.2) is 0 Å². The van der Waals surface area contributed by atoms with Gasteiger partial charge in [-0.05, 0) is 75.3 Å². The van der Waals surface area contributed by atoms with E-state index in [2.05, 4.69) is 11.2 Å². The molecule has 0 spiro atoms. The molecule has 1 amide bonds. The van der Waals surface area contributed by atoms with Crippen molar-refractivity contribution >= 4 is 16.8 Å². The number of hydrogen-bond acceptors (Lipinski definition) is 3. The summed E-state index contributed by atoms with van der Waals surface area (Å²) in [6.07, 6.45) is 9.85. The Kier molecular flexibility index (Phi) is 5.60. The van der Waals surface area contributed by atoms with E-state index in [1.165, 1.54) is 17.7 Å². The zero-order chi connectivity index (χ0) is 21.4. The maximum atomic E-state index is 14.1. The van der Waals surface area contributed by atoms with Gasteiger partial charge in [-0.3, -0.25) is 9.78 Å². The predicted octanol–water partition coefficient (Wildman–Crippen LogP) is 4.63. The Hall–Kier alpha value is -2.73. The first-order valence-electron chi connectivity index (χ1n) is 10.6. The monoisotopic (exact) mass is 408 g/mol. The van der Waals surface area contributed by atoms with Crippen LogP contribution in [0.4, 0.5) is 4.39 Å². The lowest BCUT2D eigenvalue weighted by molar-refractivity contribution is 0.0754. The lowest BCUT2D eigenvalue weighted by atomic mass is 9.82. The number of rotatable bonds is 4. The Morgan fingerprint density at radius 1 is 1.23 bits per heavy atom. The van der Waals surface area contributed by atoms with Gasteiger partial charge in [0.2, 0.25) is 0 Å². The molecule has 1 aliphatic rings. The predicted molar refractivity (Wildman–Crippen MR) is 117 cm³/mol. The van der Waals surface area contributed by atoms with Crippen molar-refractivity contribution in [3.05, 3.63) is 59.8 Å². The van der Waals surface area contributed by atoms with E-state index in [1.807, 2.05) is 30.7 Å². The summed E-state index contributed by atoms with van der Waals surface area (Å²) in [5.74, 6) is -0.195. The van der Waals surface area contributed by atoms with Crippen LogP contribution in [-0.4, -0.2) is 39.5 Å². The summed E-state index contributed by atoms with van der Waals surface area (Å²) in [6.45, 7) is 3.88. The Morgan fingerprint density at radius 2 is 1.97 bits per heavy atom. The highest BCUT2D eigenvalue weighted by Gasteiger charge is 2.26. The maximum Gasteiger partial charge on any atom is 0.256 e. The van der Waals surface area contributed by atoms with Crippen molar-refractivity contribution in [2.75, 3.05) is 7.05 Å². The van der Waals surface area contributed by atoms with Crippen molar-refractivity contribution in [3.8, 4) is 5.69 Å². The van der Waals surface area contributed by atoms with Gasteiger partial charge in [0.05, 0.1) is 23.0 Å². The lowest BCUT2D eigenvalue weighted by Gasteiger charge is -2.25. The summed E-state index contributed by atoms with van der Waals surface area (Å²) < 4.78 is 16.1. The summed E-state index contributed by atoms with van der Waals surface area (Å²) in [6, 6.07) is 6.74. The van der Waals surface area contributed by atoms with Crippen LogP contribution in [0.25, 0.3) is 16.6 Å². The molecule has 2 N–H and O–H groups in total. The number of benzene rings is 1. The van der Waals surface area contributed by atoms with Crippen molar-refractivity contribution < 1.29 is 9.18 Å². The van der Waals surface area contributed by atoms with E-state index in [1.54, 1.807) is 24.2 Å². The summed E-state index contributed by atoms with van der Waals surface area (Å²) >= 11 is 0. The summed E-state index contributed by atoms with van der Waals surface area (Å²) in [7, 11) is 1.74. The Labute approximate surface area is 176 Å². The highest BCUT2D eigenvalue weighted by atomic mass is 19.1. The smallest absolute Gasteiger partial charge is 0.256 e. The van der Waals surface area contributed by atoms with Crippen LogP contribution in [-0.2, 0) is 0 Å². The van der Waals surface area contributed by atoms with Crippen molar-refractivity contribution in [1.82, 2.24) is 14.5 Å². The number of nitrogens with zero attached hydrogens (tertiary/aromatic N) is 3. The molecule has 158 valence electrons. The molecule has 3 aromatic rings. The Balaban J connectivity index is 1.86. The molecule has 0 atom stereocenters. The van der Waals surface area contributed by atoms with Gasteiger partial charge in [-0.2, -0.15) is 0 Å². The molecule has 0 radical (unpaired) electrons. The fourth-order valence-corrected chi connectivity index (χ4v) is 4.37. The largest absolute Gasteiger partial charge is 0.339 e. The molecule has 5 nitrogen and oxygen atoms in total. The van der Waals surface area contributed by atoms with Gasteiger partial charge in [0.1, 0.15) is 5.82 Å². The van der Waals surface area contributed by atoms with E-state index < -0.39 is 5.82 Å².